The van der Waals surface area contributed by atoms with Gasteiger partial charge in [-0.1, -0.05) is 45.2 Å². The van der Waals surface area contributed by atoms with E-state index in [-0.39, 0.29) is 12.3 Å². The molecular weight excluding hydrogens is 373 g/mol. The number of Topliss-reactive ketones (excluding diaryl/α,β-unsaturated/α-hetero) is 1. The van der Waals surface area contributed by atoms with Crippen LogP contribution in [0.2, 0.25) is 10.0 Å². The van der Waals surface area contributed by atoms with E-state index in [0.29, 0.717) is 15.6 Å². The van der Waals surface area contributed by atoms with E-state index in [1.165, 1.54) is 0 Å². The van der Waals surface area contributed by atoms with Crippen LogP contribution in [-0.2, 0) is 6.54 Å². The summed E-state index contributed by atoms with van der Waals surface area (Å²) in [4.78, 5) is 12.4. The zero-order chi connectivity index (χ0) is 15.0. The van der Waals surface area contributed by atoms with Crippen LogP contribution in [0.1, 0.15) is 10.4 Å². The maximum absolute atomic E-state index is 12.4. The van der Waals surface area contributed by atoms with E-state index in [9.17, 15) is 4.79 Å². The highest BCUT2D eigenvalue weighted by atomic mass is 79.9. The first-order valence-corrected chi connectivity index (χ1v) is 7.82. The van der Waals surface area contributed by atoms with Crippen molar-refractivity contribution in [2.45, 2.75) is 6.54 Å². The molecule has 0 bridgehead atoms. The molecule has 0 saturated heterocycles. The van der Waals surface area contributed by atoms with E-state index in [2.05, 4.69) is 15.9 Å². The Bertz CT molecular complexity index is 841. The number of nitrogens with zero attached hydrogens (tertiary/aromatic N) is 1. The summed E-state index contributed by atoms with van der Waals surface area (Å²) >= 11 is 15.4. The van der Waals surface area contributed by atoms with Crippen LogP contribution in [-0.4, -0.2) is 10.4 Å². The van der Waals surface area contributed by atoms with Gasteiger partial charge < -0.3 is 4.57 Å². The summed E-state index contributed by atoms with van der Waals surface area (Å²) in [6.45, 7) is 0.237. The lowest BCUT2D eigenvalue weighted by molar-refractivity contribution is 0.0974. The smallest absolute Gasteiger partial charge is 0.183 e. The second-order valence-corrected chi connectivity index (χ2v) is 6.45. The molecule has 0 radical (unpaired) electrons. The molecule has 0 aliphatic heterocycles. The van der Waals surface area contributed by atoms with Crippen LogP contribution < -0.4 is 0 Å². The van der Waals surface area contributed by atoms with Gasteiger partial charge in [0.15, 0.2) is 5.78 Å². The minimum atomic E-state index is -0.0471. The summed E-state index contributed by atoms with van der Waals surface area (Å²) in [5.74, 6) is -0.0471. The highest BCUT2D eigenvalue weighted by Crippen LogP contribution is 2.24. The molecule has 106 valence electrons. The average Bonchev–Trinajstić information content (AvgIpc) is 2.81. The molecule has 0 aliphatic rings. The van der Waals surface area contributed by atoms with Gasteiger partial charge in [-0.25, -0.2) is 0 Å². The zero-order valence-corrected chi connectivity index (χ0v) is 13.9. The third-order valence-electron chi connectivity index (χ3n) is 3.28. The Hall–Kier alpha value is -1.29. The Morgan fingerprint density at radius 1 is 1.10 bits per heavy atom. The third-order valence-corrected chi connectivity index (χ3v) is 4.32. The minimum absolute atomic E-state index is 0.0471. The van der Waals surface area contributed by atoms with Crippen molar-refractivity contribution in [3.63, 3.8) is 0 Å². The molecule has 0 spiro atoms. The fourth-order valence-corrected chi connectivity index (χ4v) is 3.11. The molecule has 1 aromatic heterocycles. The molecule has 5 heteroatoms. The predicted molar refractivity (Wildman–Crippen MR) is 90.4 cm³/mol. The Morgan fingerprint density at radius 3 is 2.67 bits per heavy atom. The van der Waals surface area contributed by atoms with Crippen molar-refractivity contribution in [2.75, 3.05) is 0 Å². The molecule has 0 N–H and O–H groups in total. The van der Waals surface area contributed by atoms with E-state index in [1.54, 1.807) is 18.2 Å². The Balaban J connectivity index is 1.94. The summed E-state index contributed by atoms with van der Waals surface area (Å²) in [5, 5.41) is 1.99. The van der Waals surface area contributed by atoms with Crippen LogP contribution in [0.4, 0.5) is 0 Å². The molecule has 1 heterocycles. The molecule has 0 fully saturated rings. The number of fused-ring (bicyclic) bond motifs is 1. The van der Waals surface area contributed by atoms with Crippen LogP contribution in [0, 0.1) is 0 Å². The molecule has 0 aliphatic carbocycles. The maximum atomic E-state index is 12.4. The molecule has 2 nitrogen and oxygen atoms in total. The summed E-state index contributed by atoms with van der Waals surface area (Å²) in [6, 6.07) is 12.9. The van der Waals surface area contributed by atoms with E-state index < -0.39 is 0 Å². The Morgan fingerprint density at radius 2 is 1.90 bits per heavy atom. The Kier molecular flexibility index (Phi) is 4.07. The number of ketones is 1. The number of aromatic nitrogens is 1. The second kappa shape index (κ2) is 5.84. The van der Waals surface area contributed by atoms with E-state index in [4.69, 9.17) is 23.2 Å². The van der Waals surface area contributed by atoms with Crippen molar-refractivity contribution >= 4 is 55.8 Å². The van der Waals surface area contributed by atoms with E-state index in [0.717, 1.165) is 15.4 Å². The number of hydrogen-bond donors (Lipinski definition) is 0. The number of rotatable bonds is 3. The standard InChI is InChI=1S/C16H10BrCl2NO/c17-11-2-1-10-5-6-20(15(10)7-11)9-16(21)13-4-3-12(18)8-14(13)19/h1-8H,9H2. The van der Waals surface area contributed by atoms with Crippen molar-refractivity contribution in [3.05, 3.63) is 68.7 Å². The average molecular weight is 383 g/mol. The summed E-state index contributed by atoms with van der Waals surface area (Å²) in [7, 11) is 0. The van der Waals surface area contributed by atoms with Gasteiger partial charge in [0.1, 0.15) is 0 Å². The van der Waals surface area contributed by atoms with Crippen LogP contribution in [0.15, 0.2) is 53.1 Å². The molecule has 21 heavy (non-hydrogen) atoms. The molecule has 3 rings (SSSR count). The molecule has 3 aromatic rings. The third kappa shape index (κ3) is 3.00. The minimum Gasteiger partial charge on any atom is -0.340 e. The topological polar surface area (TPSA) is 22.0 Å². The SMILES string of the molecule is O=C(Cn1ccc2ccc(Br)cc21)c1ccc(Cl)cc1Cl. The van der Waals surface area contributed by atoms with Gasteiger partial charge in [-0.2, -0.15) is 0 Å². The lowest BCUT2D eigenvalue weighted by atomic mass is 10.1. The van der Waals surface area contributed by atoms with Crippen molar-refractivity contribution in [1.29, 1.82) is 0 Å². The zero-order valence-electron chi connectivity index (χ0n) is 10.8. The van der Waals surface area contributed by atoms with Crippen LogP contribution in [0.3, 0.4) is 0 Å². The molecule has 0 amide bonds. The van der Waals surface area contributed by atoms with Crippen molar-refractivity contribution in [1.82, 2.24) is 4.57 Å². The summed E-state index contributed by atoms with van der Waals surface area (Å²) < 4.78 is 2.89. The van der Waals surface area contributed by atoms with Gasteiger partial charge >= 0.3 is 0 Å². The summed E-state index contributed by atoms with van der Waals surface area (Å²) in [5.41, 5.74) is 1.49. The fraction of sp³-hybridized carbons (Fsp3) is 0.0625. The fourth-order valence-electron chi connectivity index (χ4n) is 2.25. The molecule has 2 aromatic carbocycles. The first-order valence-electron chi connectivity index (χ1n) is 6.27. The first kappa shape index (κ1) is 14.6. The lowest BCUT2D eigenvalue weighted by Crippen LogP contribution is -2.10. The van der Waals surface area contributed by atoms with Gasteiger partial charge in [0, 0.05) is 26.8 Å². The van der Waals surface area contributed by atoms with Crippen molar-refractivity contribution < 1.29 is 4.79 Å². The number of carbonyl (C=O) groups is 1. The van der Waals surface area contributed by atoms with Crippen molar-refractivity contribution in [3.8, 4) is 0 Å². The van der Waals surface area contributed by atoms with Gasteiger partial charge in [-0.05, 0) is 41.8 Å². The predicted octanol–water partition coefficient (Wildman–Crippen LogP) is 5.59. The number of carbonyl (C=O) groups excluding carboxylic acids is 1. The van der Waals surface area contributed by atoms with E-state index >= 15 is 0 Å². The molecule has 0 atom stereocenters. The largest absolute Gasteiger partial charge is 0.340 e. The number of hydrogen-bond acceptors (Lipinski definition) is 1. The van der Waals surface area contributed by atoms with Crippen molar-refractivity contribution in [2.24, 2.45) is 0 Å². The normalized spacial score (nSPS) is 11.0. The van der Waals surface area contributed by atoms with Gasteiger partial charge in [-0.3, -0.25) is 4.79 Å². The van der Waals surface area contributed by atoms with Crippen LogP contribution in [0.25, 0.3) is 10.9 Å². The molecular formula is C16H10BrCl2NO. The summed E-state index contributed by atoms with van der Waals surface area (Å²) in [6.07, 6.45) is 1.90. The Labute approximate surface area is 140 Å². The van der Waals surface area contributed by atoms with Crippen LogP contribution in [0.5, 0.6) is 0 Å². The second-order valence-electron chi connectivity index (χ2n) is 4.69. The first-order chi connectivity index (χ1) is 10.0. The lowest BCUT2D eigenvalue weighted by Gasteiger charge is -2.07. The quantitative estimate of drug-likeness (QED) is 0.541. The van der Waals surface area contributed by atoms with Gasteiger partial charge in [0.05, 0.1) is 11.6 Å². The molecule has 0 saturated carbocycles. The maximum Gasteiger partial charge on any atom is 0.183 e. The van der Waals surface area contributed by atoms with Gasteiger partial charge in [-0.15, -0.1) is 0 Å². The molecule has 0 unspecified atom stereocenters. The highest BCUT2D eigenvalue weighted by molar-refractivity contribution is 9.10. The number of halogens is 3. The van der Waals surface area contributed by atoms with Gasteiger partial charge in [0.2, 0.25) is 0 Å². The van der Waals surface area contributed by atoms with Gasteiger partial charge in [0.25, 0.3) is 0 Å². The van der Waals surface area contributed by atoms with E-state index in [1.807, 2.05) is 35.0 Å². The number of benzene rings is 2. The van der Waals surface area contributed by atoms with Crippen LogP contribution >= 0.6 is 39.1 Å². The highest BCUT2D eigenvalue weighted by Gasteiger charge is 2.12. The monoisotopic (exact) mass is 381 g/mol.